The number of H-pyrrole nitrogens is 1. The van der Waals surface area contributed by atoms with E-state index in [1.165, 1.54) is 12.1 Å². The molecule has 1 atom stereocenters. The lowest BCUT2D eigenvalue weighted by atomic mass is 9.91. The van der Waals surface area contributed by atoms with Gasteiger partial charge in [0.1, 0.15) is 17.7 Å². The van der Waals surface area contributed by atoms with Crippen LogP contribution in [0, 0.1) is 11.7 Å². The Morgan fingerprint density at radius 1 is 1.39 bits per heavy atom. The molecule has 1 aliphatic heterocycles. The summed E-state index contributed by atoms with van der Waals surface area (Å²) < 4.78 is 15.1. The summed E-state index contributed by atoms with van der Waals surface area (Å²) in [6.45, 7) is 1.54. The van der Waals surface area contributed by atoms with E-state index >= 15 is 0 Å². The van der Waals surface area contributed by atoms with Gasteiger partial charge in [0.25, 0.3) is 0 Å². The van der Waals surface area contributed by atoms with Crippen LogP contribution >= 0.6 is 0 Å². The number of rotatable bonds is 4. The van der Waals surface area contributed by atoms with Crippen molar-refractivity contribution in [2.45, 2.75) is 25.5 Å². The number of nitrogens with zero attached hydrogens (tertiary/aromatic N) is 3. The maximum absolute atomic E-state index is 13.3. The Kier molecular flexibility index (Phi) is 5.04. The number of hydrogen-bond acceptors (Lipinski definition) is 3. The molecule has 7 nitrogen and oxygen atoms in total. The molecule has 3 N–H and O–H groups in total. The van der Waals surface area contributed by atoms with Gasteiger partial charge in [-0.2, -0.15) is 0 Å². The van der Waals surface area contributed by atoms with Gasteiger partial charge in [0, 0.05) is 49.1 Å². The topological polar surface area (TPSA) is 86.2 Å². The number of aromatic amines is 1. The molecule has 0 spiro atoms. The van der Waals surface area contributed by atoms with E-state index in [9.17, 15) is 14.3 Å². The number of piperidine rings is 1. The third-order valence-corrected chi connectivity index (χ3v) is 5.46. The molecule has 8 heteroatoms. The lowest BCUT2D eigenvalue weighted by Gasteiger charge is -2.34. The first-order chi connectivity index (χ1) is 13.5. The van der Waals surface area contributed by atoms with Crippen molar-refractivity contribution in [2.75, 3.05) is 13.1 Å². The number of carbonyl (C=O) groups excluding carboxylic acids is 1. The van der Waals surface area contributed by atoms with E-state index in [1.54, 1.807) is 17.2 Å². The standard InChI is InChI=1S/C20H24FN5O2/c1-25-9-6-22-19(25)18(27)13-4-7-26(8-5-13)20(28)23-12-16-11-14-10-15(21)2-3-17(14)24-16/h2-3,6,9-11,13,18,24,27H,4-5,7-8,12H2,1H3,(H,23,28)/t18-/m1/s1. The van der Waals surface area contributed by atoms with Gasteiger partial charge in [0.15, 0.2) is 0 Å². The predicted molar refractivity (Wildman–Crippen MR) is 103 cm³/mol. The zero-order valence-corrected chi connectivity index (χ0v) is 15.7. The van der Waals surface area contributed by atoms with E-state index in [4.69, 9.17) is 0 Å². The number of carbonyl (C=O) groups is 1. The maximum Gasteiger partial charge on any atom is 0.317 e. The van der Waals surface area contributed by atoms with E-state index in [-0.39, 0.29) is 17.8 Å². The molecule has 1 aromatic carbocycles. The molecule has 1 saturated heterocycles. The first-order valence-electron chi connectivity index (χ1n) is 9.46. The van der Waals surface area contributed by atoms with Crippen LogP contribution in [0.4, 0.5) is 9.18 Å². The van der Waals surface area contributed by atoms with Crippen molar-refractivity contribution in [3.05, 3.63) is 54.0 Å². The lowest BCUT2D eigenvalue weighted by Crippen LogP contribution is -2.45. The molecule has 1 aliphatic rings. The Labute approximate surface area is 162 Å². The molecule has 0 unspecified atom stereocenters. The number of benzene rings is 1. The second kappa shape index (κ2) is 7.63. The molecule has 0 aliphatic carbocycles. The average Bonchev–Trinajstić information content (AvgIpc) is 3.31. The van der Waals surface area contributed by atoms with Crippen molar-refractivity contribution in [3.63, 3.8) is 0 Å². The van der Waals surface area contributed by atoms with Crippen molar-refractivity contribution in [3.8, 4) is 0 Å². The highest BCUT2D eigenvalue weighted by atomic mass is 19.1. The van der Waals surface area contributed by atoms with Crippen LogP contribution in [0.1, 0.15) is 30.5 Å². The molecule has 148 valence electrons. The molecule has 3 aromatic rings. The van der Waals surface area contributed by atoms with Gasteiger partial charge >= 0.3 is 6.03 Å². The third-order valence-electron chi connectivity index (χ3n) is 5.46. The molecule has 0 bridgehead atoms. The third kappa shape index (κ3) is 3.73. The van der Waals surface area contributed by atoms with E-state index < -0.39 is 6.10 Å². The SMILES string of the molecule is Cn1ccnc1[C@H](O)C1CCN(C(=O)NCc2cc3cc(F)ccc3[nH]2)CC1. The first kappa shape index (κ1) is 18.5. The molecule has 2 aromatic heterocycles. The minimum Gasteiger partial charge on any atom is -0.385 e. The van der Waals surface area contributed by atoms with Crippen LogP contribution in [0.5, 0.6) is 0 Å². The number of imidazole rings is 1. The number of aliphatic hydroxyl groups is 1. The van der Waals surface area contributed by atoms with Crippen LogP contribution in [0.15, 0.2) is 36.7 Å². The number of aromatic nitrogens is 3. The Balaban J connectivity index is 1.29. The highest BCUT2D eigenvalue weighted by Gasteiger charge is 2.30. The maximum atomic E-state index is 13.3. The van der Waals surface area contributed by atoms with Crippen molar-refractivity contribution in [1.29, 1.82) is 0 Å². The molecule has 1 fully saturated rings. The van der Waals surface area contributed by atoms with Crippen molar-refractivity contribution >= 4 is 16.9 Å². The largest absolute Gasteiger partial charge is 0.385 e. The van der Waals surface area contributed by atoms with E-state index in [0.717, 1.165) is 29.4 Å². The number of urea groups is 1. The van der Waals surface area contributed by atoms with Crippen LogP contribution in [0.3, 0.4) is 0 Å². The average molecular weight is 385 g/mol. The van der Waals surface area contributed by atoms with Crippen LogP contribution in [-0.4, -0.2) is 43.7 Å². The molecule has 3 heterocycles. The van der Waals surface area contributed by atoms with Gasteiger partial charge in [-0.1, -0.05) is 0 Å². The second-order valence-corrected chi connectivity index (χ2v) is 7.35. The second-order valence-electron chi connectivity index (χ2n) is 7.35. The Hall–Kier alpha value is -2.87. The molecule has 28 heavy (non-hydrogen) atoms. The highest BCUT2D eigenvalue weighted by Crippen LogP contribution is 2.29. The molecule has 0 saturated carbocycles. The van der Waals surface area contributed by atoms with Gasteiger partial charge in [-0.3, -0.25) is 0 Å². The summed E-state index contributed by atoms with van der Waals surface area (Å²) in [6.07, 6.45) is 4.34. The minimum absolute atomic E-state index is 0.0914. The summed E-state index contributed by atoms with van der Waals surface area (Å²) in [7, 11) is 1.87. The van der Waals surface area contributed by atoms with Gasteiger partial charge in [-0.25, -0.2) is 14.2 Å². The van der Waals surface area contributed by atoms with Gasteiger partial charge < -0.3 is 24.9 Å². The Morgan fingerprint density at radius 2 is 2.18 bits per heavy atom. The van der Waals surface area contributed by atoms with Gasteiger partial charge in [0.2, 0.25) is 0 Å². The summed E-state index contributed by atoms with van der Waals surface area (Å²) in [5.41, 5.74) is 1.67. The number of fused-ring (bicyclic) bond motifs is 1. The summed E-state index contributed by atoms with van der Waals surface area (Å²) >= 11 is 0. The summed E-state index contributed by atoms with van der Waals surface area (Å²) in [5.74, 6) is 0.476. The Morgan fingerprint density at radius 3 is 2.89 bits per heavy atom. The fourth-order valence-electron chi connectivity index (χ4n) is 3.83. The van der Waals surface area contributed by atoms with Crippen LogP contribution < -0.4 is 5.32 Å². The van der Waals surface area contributed by atoms with E-state index in [1.807, 2.05) is 23.9 Å². The first-order valence-corrected chi connectivity index (χ1v) is 9.46. The van der Waals surface area contributed by atoms with Crippen molar-refractivity contribution < 1.29 is 14.3 Å². The number of hydrogen-bond donors (Lipinski definition) is 3. The van der Waals surface area contributed by atoms with Crippen LogP contribution in [0.2, 0.25) is 0 Å². The summed E-state index contributed by atoms with van der Waals surface area (Å²) in [5, 5.41) is 14.2. The minimum atomic E-state index is -0.614. The quantitative estimate of drug-likeness (QED) is 0.645. The van der Waals surface area contributed by atoms with Crippen LogP contribution in [0.25, 0.3) is 10.9 Å². The number of aryl methyl sites for hydroxylation is 1. The molecule has 4 rings (SSSR count). The van der Waals surface area contributed by atoms with Crippen molar-refractivity contribution in [2.24, 2.45) is 13.0 Å². The van der Waals surface area contributed by atoms with Gasteiger partial charge in [-0.15, -0.1) is 0 Å². The molecular formula is C20H24FN5O2. The molecular weight excluding hydrogens is 361 g/mol. The lowest BCUT2D eigenvalue weighted by molar-refractivity contribution is 0.0584. The smallest absolute Gasteiger partial charge is 0.317 e. The normalized spacial score (nSPS) is 16.5. The van der Waals surface area contributed by atoms with Gasteiger partial charge in [0.05, 0.1) is 6.54 Å². The number of halogens is 1. The zero-order chi connectivity index (χ0) is 19.7. The number of likely N-dealkylation sites (tertiary alicyclic amines) is 1. The van der Waals surface area contributed by atoms with Crippen LogP contribution in [-0.2, 0) is 13.6 Å². The fraction of sp³-hybridized carbons (Fsp3) is 0.400. The summed E-state index contributed by atoms with van der Waals surface area (Å²) in [4.78, 5) is 21.6. The number of amides is 2. The monoisotopic (exact) mass is 385 g/mol. The predicted octanol–water partition coefficient (Wildman–Crippen LogP) is 2.70. The molecule has 0 radical (unpaired) electrons. The van der Waals surface area contributed by atoms with Crippen molar-refractivity contribution in [1.82, 2.24) is 24.8 Å². The molecule has 2 amide bonds. The van der Waals surface area contributed by atoms with E-state index in [2.05, 4.69) is 15.3 Å². The number of nitrogens with one attached hydrogen (secondary N) is 2. The summed E-state index contributed by atoms with van der Waals surface area (Å²) in [6, 6.07) is 6.27. The van der Waals surface area contributed by atoms with Gasteiger partial charge in [-0.05, 0) is 43.0 Å². The highest BCUT2D eigenvalue weighted by molar-refractivity contribution is 5.80. The van der Waals surface area contributed by atoms with E-state index in [0.29, 0.717) is 25.5 Å². The zero-order valence-electron chi connectivity index (χ0n) is 15.7. The Bertz CT molecular complexity index is 974. The fourth-order valence-corrected chi connectivity index (χ4v) is 3.83. The number of aliphatic hydroxyl groups excluding tert-OH is 1.